The van der Waals surface area contributed by atoms with E-state index < -0.39 is 16.0 Å². The average molecular weight is 462 g/mol. The van der Waals surface area contributed by atoms with Crippen molar-refractivity contribution in [1.82, 2.24) is 0 Å². The van der Waals surface area contributed by atoms with Crippen LogP contribution in [0.2, 0.25) is 0 Å². The van der Waals surface area contributed by atoms with Crippen molar-refractivity contribution in [3.8, 4) is 11.5 Å². The molecule has 8 nitrogen and oxygen atoms in total. The molecule has 1 aliphatic heterocycles. The highest BCUT2D eigenvalue weighted by atomic mass is 32.2. The monoisotopic (exact) mass is 461 g/mol. The first-order valence-corrected chi connectivity index (χ1v) is 12.1. The number of aryl methyl sites for hydroxylation is 2. The van der Waals surface area contributed by atoms with E-state index in [1.165, 1.54) is 10.6 Å². The van der Waals surface area contributed by atoms with Gasteiger partial charge in [-0.25, -0.2) is 8.42 Å². The number of fused-ring (bicyclic) bond motifs is 1. The molecular formula is C23H27NO7S. The first-order chi connectivity index (χ1) is 15.2. The predicted octanol–water partition coefficient (Wildman–Crippen LogP) is 2.77. The average Bonchev–Trinajstić information content (AvgIpc) is 2.79. The molecule has 2 aromatic carbocycles. The summed E-state index contributed by atoms with van der Waals surface area (Å²) in [6.45, 7) is 0.0656. The SMILES string of the molecule is COc1ccc(CCC(=O)OCC(=O)c2ccc3c(c2)CCCN3S(C)(=O)=O)cc1OC. The zero-order chi connectivity index (χ0) is 23.3. The second-order valence-electron chi connectivity index (χ2n) is 7.56. The van der Waals surface area contributed by atoms with Gasteiger partial charge in [0, 0.05) is 18.5 Å². The van der Waals surface area contributed by atoms with E-state index >= 15 is 0 Å². The normalized spacial score (nSPS) is 13.3. The van der Waals surface area contributed by atoms with Crippen LogP contribution in [0.3, 0.4) is 0 Å². The molecule has 0 radical (unpaired) electrons. The highest BCUT2D eigenvalue weighted by Crippen LogP contribution is 2.30. The molecule has 0 spiro atoms. The summed E-state index contributed by atoms with van der Waals surface area (Å²) in [7, 11) is -0.273. The quantitative estimate of drug-likeness (QED) is 0.418. The van der Waals surface area contributed by atoms with Crippen LogP contribution in [0.1, 0.15) is 34.3 Å². The molecule has 3 rings (SSSR count). The van der Waals surface area contributed by atoms with Crippen LogP contribution in [0.4, 0.5) is 5.69 Å². The Kier molecular flexibility index (Phi) is 7.40. The number of sulfonamides is 1. The second-order valence-corrected chi connectivity index (χ2v) is 9.46. The Bertz CT molecular complexity index is 1110. The van der Waals surface area contributed by atoms with E-state index in [1.54, 1.807) is 44.6 Å². The lowest BCUT2D eigenvalue weighted by molar-refractivity contribution is -0.142. The molecule has 1 heterocycles. The van der Waals surface area contributed by atoms with Crippen molar-refractivity contribution in [2.75, 3.05) is 37.9 Å². The fourth-order valence-electron chi connectivity index (χ4n) is 3.66. The maximum Gasteiger partial charge on any atom is 0.306 e. The van der Waals surface area contributed by atoms with E-state index in [0.29, 0.717) is 48.6 Å². The summed E-state index contributed by atoms with van der Waals surface area (Å²) < 4.78 is 40.9. The minimum atomic E-state index is -3.37. The van der Waals surface area contributed by atoms with Crippen molar-refractivity contribution in [3.63, 3.8) is 0 Å². The number of hydrogen-bond acceptors (Lipinski definition) is 7. The molecule has 0 atom stereocenters. The number of carbonyl (C=O) groups is 2. The number of methoxy groups -OCH3 is 2. The van der Waals surface area contributed by atoms with Gasteiger partial charge in [0.1, 0.15) is 0 Å². The molecule has 0 unspecified atom stereocenters. The molecule has 32 heavy (non-hydrogen) atoms. The third-order valence-electron chi connectivity index (χ3n) is 5.31. The fourth-order valence-corrected chi connectivity index (χ4v) is 4.66. The van der Waals surface area contributed by atoms with Gasteiger partial charge in [0.25, 0.3) is 0 Å². The summed E-state index contributed by atoms with van der Waals surface area (Å²) in [5.74, 6) is 0.377. The molecule has 9 heteroatoms. The van der Waals surface area contributed by atoms with Gasteiger partial charge < -0.3 is 14.2 Å². The smallest absolute Gasteiger partial charge is 0.306 e. The Morgan fingerprint density at radius 3 is 2.47 bits per heavy atom. The minimum absolute atomic E-state index is 0.121. The lowest BCUT2D eigenvalue weighted by atomic mass is 9.99. The van der Waals surface area contributed by atoms with E-state index in [4.69, 9.17) is 14.2 Å². The van der Waals surface area contributed by atoms with Gasteiger partial charge in [-0.1, -0.05) is 6.07 Å². The number of hydrogen-bond donors (Lipinski definition) is 0. The van der Waals surface area contributed by atoms with E-state index in [-0.39, 0.29) is 18.8 Å². The summed E-state index contributed by atoms with van der Waals surface area (Å²) >= 11 is 0. The molecule has 0 saturated heterocycles. The maximum absolute atomic E-state index is 12.5. The summed E-state index contributed by atoms with van der Waals surface area (Å²) in [5, 5.41) is 0. The molecule has 0 N–H and O–H groups in total. The number of carbonyl (C=O) groups excluding carboxylic acids is 2. The Morgan fingerprint density at radius 2 is 1.78 bits per heavy atom. The summed E-state index contributed by atoms with van der Waals surface area (Å²) in [4.78, 5) is 24.6. The Morgan fingerprint density at radius 1 is 1.03 bits per heavy atom. The van der Waals surface area contributed by atoms with E-state index in [1.807, 2.05) is 6.07 Å². The Balaban J connectivity index is 1.56. The molecule has 0 amide bonds. The van der Waals surface area contributed by atoms with Gasteiger partial charge in [-0.05, 0) is 60.7 Å². The molecule has 2 aromatic rings. The first kappa shape index (κ1) is 23.6. The molecule has 0 saturated carbocycles. The van der Waals surface area contributed by atoms with Crippen molar-refractivity contribution < 1.29 is 32.2 Å². The highest BCUT2D eigenvalue weighted by Gasteiger charge is 2.24. The van der Waals surface area contributed by atoms with Crippen molar-refractivity contribution in [2.45, 2.75) is 25.7 Å². The number of benzene rings is 2. The number of nitrogens with zero attached hydrogens (tertiary/aromatic N) is 1. The lowest BCUT2D eigenvalue weighted by Gasteiger charge is -2.29. The largest absolute Gasteiger partial charge is 0.493 e. The van der Waals surface area contributed by atoms with Crippen LogP contribution < -0.4 is 13.8 Å². The van der Waals surface area contributed by atoms with Crippen LogP contribution in [-0.4, -0.2) is 53.8 Å². The third-order valence-corrected chi connectivity index (χ3v) is 6.49. The summed E-state index contributed by atoms with van der Waals surface area (Å²) in [5.41, 5.74) is 2.68. The number of rotatable bonds is 9. The zero-order valence-corrected chi connectivity index (χ0v) is 19.2. The number of ether oxygens (including phenoxy) is 3. The van der Waals surface area contributed by atoms with Crippen molar-refractivity contribution in [3.05, 3.63) is 53.1 Å². The maximum atomic E-state index is 12.5. The highest BCUT2D eigenvalue weighted by molar-refractivity contribution is 7.92. The van der Waals surface area contributed by atoms with Gasteiger partial charge >= 0.3 is 5.97 Å². The number of esters is 1. The number of anilines is 1. The van der Waals surface area contributed by atoms with Crippen LogP contribution in [-0.2, 0) is 32.4 Å². The second kappa shape index (κ2) is 10.0. The van der Waals surface area contributed by atoms with Crippen LogP contribution in [0.15, 0.2) is 36.4 Å². The van der Waals surface area contributed by atoms with Gasteiger partial charge in [-0.15, -0.1) is 0 Å². The van der Waals surface area contributed by atoms with E-state index in [9.17, 15) is 18.0 Å². The molecule has 0 aliphatic carbocycles. The standard InChI is InChI=1S/C23H27NO7S/c1-29-21-10-6-16(13-22(21)30-2)7-11-23(26)31-15-20(25)18-8-9-19-17(14-18)5-4-12-24(19)32(3,27)28/h6,8-10,13-14H,4-5,7,11-12,15H2,1-3H3. The van der Waals surface area contributed by atoms with Crippen molar-refractivity contribution >= 4 is 27.5 Å². The molecule has 0 bridgehead atoms. The summed E-state index contributed by atoms with van der Waals surface area (Å²) in [6.07, 6.45) is 3.10. The van der Waals surface area contributed by atoms with Crippen LogP contribution in [0, 0.1) is 0 Å². The van der Waals surface area contributed by atoms with Gasteiger partial charge in [0.15, 0.2) is 23.9 Å². The molecule has 0 aromatic heterocycles. The topological polar surface area (TPSA) is 99.2 Å². The Labute approximate surface area is 188 Å². The number of ketones is 1. The van der Waals surface area contributed by atoms with Gasteiger partial charge in [-0.2, -0.15) is 0 Å². The Hall–Kier alpha value is -3.07. The molecular weight excluding hydrogens is 434 g/mol. The van der Waals surface area contributed by atoms with Crippen LogP contribution in [0.5, 0.6) is 11.5 Å². The van der Waals surface area contributed by atoms with E-state index in [2.05, 4.69) is 0 Å². The fraction of sp³-hybridized carbons (Fsp3) is 0.391. The summed E-state index contributed by atoms with van der Waals surface area (Å²) in [6, 6.07) is 10.3. The molecule has 172 valence electrons. The van der Waals surface area contributed by atoms with Crippen molar-refractivity contribution in [1.29, 1.82) is 0 Å². The zero-order valence-electron chi connectivity index (χ0n) is 18.4. The van der Waals surface area contributed by atoms with Crippen LogP contribution in [0.25, 0.3) is 0 Å². The number of Topliss-reactive ketones (excluding diaryl/α,β-unsaturated/α-hetero) is 1. The van der Waals surface area contributed by atoms with Crippen molar-refractivity contribution in [2.24, 2.45) is 0 Å². The third kappa shape index (κ3) is 5.59. The van der Waals surface area contributed by atoms with E-state index in [0.717, 1.165) is 11.1 Å². The lowest BCUT2D eigenvalue weighted by Crippen LogP contribution is -2.34. The van der Waals surface area contributed by atoms with Gasteiger partial charge in [0.2, 0.25) is 10.0 Å². The van der Waals surface area contributed by atoms with Gasteiger partial charge in [0.05, 0.1) is 26.2 Å². The molecule has 1 aliphatic rings. The van der Waals surface area contributed by atoms with Crippen LogP contribution >= 0.6 is 0 Å². The van der Waals surface area contributed by atoms with Gasteiger partial charge in [-0.3, -0.25) is 13.9 Å². The predicted molar refractivity (Wildman–Crippen MR) is 120 cm³/mol. The first-order valence-electron chi connectivity index (χ1n) is 10.2. The molecule has 0 fully saturated rings. The minimum Gasteiger partial charge on any atom is -0.493 e.